The van der Waals surface area contributed by atoms with E-state index in [-0.39, 0.29) is 0 Å². The summed E-state index contributed by atoms with van der Waals surface area (Å²) in [6.45, 7) is 5.57. The standard InChI is InChI=1S/C14H17BrN2O/c1-3-9-17-14(15)13(11(2)16-17)18-10-12-7-5-4-6-8-12/h4-8H,3,9-10H2,1-2H3. The molecule has 1 aromatic carbocycles. The first-order chi connectivity index (χ1) is 8.72. The lowest BCUT2D eigenvalue weighted by Crippen LogP contribution is -1.99. The lowest BCUT2D eigenvalue weighted by Gasteiger charge is -2.06. The molecule has 0 N–H and O–H groups in total. The molecule has 0 bridgehead atoms. The molecular weight excluding hydrogens is 292 g/mol. The van der Waals surface area contributed by atoms with Gasteiger partial charge in [0.15, 0.2) is 5.75 Å². The molecule has 96 valence electrons. The van der Waals surface area contributed by atoms with Crippen LogP contribution in [-0.4, -0.2) is 9.78 Å². The Balaban J connectivity index is 2.10. The van der Waals surface area contributed by atoms with Crippen LogP contribution in [0.3, 0.4) is 0 Å². The van der Waals surface area contributed by atoms with Crippen molar-refractivity contribution in [2.75, 3.05) is 0 Å². The van der Waals surface area contributed by atoms with Crippen molar-refractivity contribution in [1.82, 2.24) is 9.78 Å². The number of halogens is 1. The highest BCUT2D eigenvalue weighted by molar-refractivity contribution is 9.10. The molecule has 0 saturated heterocycles. The van der Waals surface area contributed by atoms with Gasteiger partial charge in [-0.05, 0) is 34.8 Å². The average Bonchev–Trinajstić information content (AvgIpc) is 2.64. The molecule has 0 aliphatic rings. The molecule has 0 atom stereocenters. The van der Waals surface area contributed by atoms with E-state index in [0.717, 1.165) is 34.6 Å². The first-order valence-electron chi connectivity index (χ1n) is 6.12. The molecule has 0 aliphatic heterocycles. The summed E-state index contributed by atoms with van der Waals surface area (Å²) in [4.78, 5) is 0. The van der Waals surface area contributed by atoms with Gasteiger partial charge in [-0.1, -0.05) is 37.3 Å². The molecule has 0 unspecified atom stereocenters. The maximum absolute atomic E-state index is 5.85. The summed E-state index contributed by atoms with van der Waals surface area (Å²) in [5.74, 6) is 0.840. The van der Waals surface area contributed by atoms with Gasteiger partial charge in [0.2, 0.25) is 0 Å². The minimum Gasteiger partial charge on any atom is -0.484 e. The van der Waals surface area contributed by atoms with Crippen molar-refractivity contribution >= 4 is 15.9 Å². The third kappa shape index (κ3) is 2.93. The van der Waals surface area contributed by atoms with Gasteiger partial charge in [0, 0.05) is 6.54 Å². The molecule has 1 heterocycles. The van der Waals surface area contributed by atoms with Gasteiger partial charge in [-0.25, -0.2) is 0 Å². The van der Waals surface area contributed by atoms with Gasteiger partial charge in [-0.3, -0.25) is 4.68 Å². The summed E-state index contributed by atoms with van der Waals surface area (Å²) in [5.41, 5.74) is 2.08. The fourth-order valence-electron chi connectivity index (χ4n) is 1.79. The number of benzene rings is 1. The zero-order valence-electron chi connectivity index (χ0n) is 10.7. The van der Waals surface area contributed by atoms with Crippen LogP contribution in [-0.2, 0) is 13.2 Å². The van der Waals surface area contributed by atoms with Crippen molar-refractivity contribution in [1.29, 1.82) is 0 Å². The van der Waals surface area contributed by atoms with E-state index in [1.165, 1.54) is 0 Å². The highest BCUT2D eigenvalue weighted by Gasteiger charge is 2.13. The van der Waals surface area contributed by atoms with E-state index in [4.69, 9.17) is 4.74 Å². The Bertz CT molecular complexity index is 508. The molecule has 2 rings (SSSR count). The molecule has 0 spiro atoms. The molecule has 0 saturated carbocycles. The van der Waals surface area contributed by atoms with E-state index in [9.17, 15) is 0 Å². The molecule has 0 radical (unpaired) electrons. The van der Waals surface area contributed by atoms with Crippen LogP contribution in [0.4, 0.5) is 0 Å². The highest BCUT2D eigenvalue weighted by atomic mass is 79.9. The molecule has 3 nitrogen and oxygen atoms in total. The predicted molar refractivity (Wildman–Crippen MR) is 75.7 cm³/mol. The highest BCUT2D eigenvalue weighted by Crippen LogP contribution is 2.29. The minimum atomic E-state index is 0.568. The predicted octanol–water partition coefficient (Wildman–Crippen LogP) is 3.94. The lowest BCUT2D eigenvalue weighted by molar-refractivity contribution is 0.301. The van der Waals surface area contributed by atoms with E-state index in [1.807, 2.05) is 29.8 Å². The van der Waals surface area contributed by atoms with Crippen LogP contribution in [0.5, 0.6) is 5.75 Å². The number of aryl methyl sites for hydroxylation is 2. The van der Waals surface area contributed by atoms with Gasteiger partial charge in [0.25, 0.3) is 0 Å². The number of nitrogens with zero attached hydrogens (tertiary/aromatic N) is 2. The smallest absolute Gasteiger partial charge is 0.175 e. The largest absolute Gasteiger partial charge is 0.484 e. The van der Waals surface area contributed by atoms with Gasteiger partial charge in [0.1, 0.15) is 16.9 Å². The molecule has 1 aromatic heterocycles. The number of aromatic nitrogens is 2. The van der Waals surface area contributed by atoms with Crippen LogP contribution in [0.15, 0.2) is 34.9 Å². The Kier molecular flexibility index (Phi) is 4.42. The normalized spacial score (nSPS) is 10.6. The summed E-state index contributed by atoms with van der Waals surface area (Å²) in [5, 5.41) is 4.46. The average molecular weight is 309 g/mol. The number of rotatable bonds is 5. The van der Waals surface area contributed by atoms with E-state index in [1.54, 1.807) is 0 Å². The van der Waals surface area contributed by atoms with E-state index < -0.39 is 0 Å². The fraction of sp³-hybridized carbons (Fsp3) is 0.357. The van der Waals surface area contributed by atoms with E-state index in [2.05, 4.69) is 40.1 Å². The monoisotopic (exact) mass is 308 g/mol. The first kappa shape index (κ1) is 13.1. The Labute approximate surface area is 116 Å². The number of ether oxygens (including phenoxy) is 1. The maximum Gasteiger partial charge on any atom is 0.175 e. The first-order valence-corrected chi connectivity index (χ1v) is 6.91. The summed E-state index contributed by atoms with van der Waals surface area (Å²) in [6, 6.07) is 10.1. The van der Waals surface area contributed by atoms with Gasteiger partial charge >= 0.3 is 0 Å². The van der Waals surface area contributed by atoms with Crippen LogP contribution >= 0.6 is 15.9 Å². The van der Waals surface area contributed by atoms with Crippen molar-refractivity contribution in [3.8, 4) is 5.75 Å². The van der Waals surface area contributed by atoms with Gasteiger partial charge < -0.3 is 4.74 Å². The molecule has 0 amide bonds. The summed E-state index contributed by atoms with van der Waals surface area (Å²) < 4.78 is 8.72. The molecule has 0 fully saturated rings. The quantitative estimate of drug-likeness (QED) is 0.836. The van der Waals surface area contributed by atoms with Crippen molar-refractivity contribution < 1.29 is 4.74 Å². The summed E-state index contributed by atoms with van der Waals surface area (Å²) in [7, 11) is 0. The van der Waals surface area contributed by atoms with Gasteiger partial charge in [-0.2, -0.15) is 5.10 Å². The molecule has 4 heteroatoms. The van der Waals surface area contributed by atoms with Crippen molar-refractivity contribution in [2.24, 2.45) is 0 Å². The maximum atomic E-state index is 5.85. The van der Waals surface area contributed by atoms with Gasteiger partial charge in [-0.15, -0.1) is 0 Å². The molecule has 2 aromatic rings. The Morgan fingerprint density at radius 1 is 1.28 bits per heavy atom. The van der Waals surface area contributed by atoms with Crippen LogP contribution in [0.1, 0.15) is 24.6 Å². The SMILES string of the molecule is CCCn1nc(C)c(OCc2ccccc2)c1Br. The Morgan fingerprint density at radius 2 is 2.00 bits per heavy atom. The van der Waals surface area contributed by atoms with Crippen molar-refractivity contribution in [3.05, 3.63) is 46.2 Å². The fourth-order valence-corrected chi connectivity index (χ4v) is 2.45. The van der Waals surface area contributed by atoms with Crippen LogP contribution in [0.2, 0.25) is 0 Å². The third-order valence-electron chi connectivity index (χ3n) is 2.67. The van der Waals surface area contributed by atoms with Crippen molar-refractivity contribution in [3.63, 3.8) is 0 Å². The van der Waals surface area contributed by atoms with E-state index in [0.29, 0.717) is 6.61 Å². The Morgan fingerprint density at radius 3 is 2.67 bits per heavy atom. The number of hydrogen-bond donors (Lipinski definition) is 0. The topological polar surface area (TPSA) is 27.1 Å². The second kappa shape index (κ2) is 6.05. The summed E-state index contributed by atoms with van der Waals surface area (Å²) >= 11 is 3.55. The zero-order chi connectivity index (χ0) is 13.0. The lowest BCUT2D eigenvalue weighted by atomic mass is 10.2. The second-order valence-electron chi connectivity index (χ2n) is 4.20. The van der Waals surface area contributed by atoms with Crippen LogP contribution < -0.4 is 4.74 Å². The van der Waals surface area contributed by atoms with E-state index >= 15 is 0 Å². The summed E-state index contributed by atoms with van der Waals surface area (Å²) in [6.07, 6.45) is 1.05. The molecule has 18 heavy (non-hydrogen) atoms. The zero-order valence-corrected chi connectivity index (χ0v) is 12.3. The van der Waals surface area contributed by atoms with Crippen LogP contribution in [0, 0.1) is 6.92 Å². The van der Waals surface area contributed by atoms with Crippen LogP contribution in [0.25, 0.3) is 0 Å². The minimum absolute atomic E-state index is 0.568. The van der Waals surface area contributed by atoms with Crippen molar-refractivity contribution in [2.45, 2.75) is 33.4 Å². The van der Waals surface area contributed by atoms with Gasteiger partial charge in [0.05, 0.1) is 0 Å². The third-order valence-corrected chi connectivity index (χ3v) is 3.44. The molecular formula is C14H17BrN2O. The second-order valence-corrected chi connectivity index (χ2v) is 4.95. The Hall–Kier alpha value is -1.29. The number of hydrogen-bond acceptors (Lipinski definition) is 2. The molecule has 0 aliphatic carbocycles.